The normalized spacial score (nSPS) is 24.0. The van der Waals surface area contributed by atoms with Crippen LogP contribution < -0.4 is 10.6 Å². The standard InChI is InChI=1S/C20H20ClN3O3/c1-22-20(26)16-8-12(19(25)24-18-13-9-27-10-14(13)18)7-15(23-16)17(21)11-5-3-2-4-6-11/h2-8,13-14,17-18H,9-10H2,1H3,(H,22,26)(H,24,25)/t13-,14+,17?,18+. The predicted molar refractivity (Wildman–Crippen MR) is 101 cm³/mol. The Morgan fingerprint density at radius 3 is 2.52 bits per heavy atom. The molecule has 140 valence electrons. The molecule has 0 radical (unpaired) electrons. The number of nitrogens with zero attached hydrogens (tertiary/aromatic N) is 1. The van der Waals surface area contributed by atoms with Crippen molar-refractivity contribution in [3.63, 3.8) is 0 Å². The van der Waals surface area contributed by atoms with Crippen LogP contribution in [-0.4, -0.2) is 43.1 Å². The highest BCUT2D eigenvalue weighted by atomic mass is 35.5. The minimum atomic E-state index is -0.559. The second kappa shape index (κ2) is 7.29. The lowest BCUT2D eigenvalue weighted by molar-refractivity contribution is 0.0928. The summed E-state index contributed by atoms with van der Waals surface area (Å²) in [5.41, 5.74) is 1.86. The molecule has 2 N–H and O–H groups in total. The van der Waals surface area contributed by atoms with E-state index in [1.54, 1.807) is 6.07 Å². The zero-order valence-corrected chi connectivity index (χ0v) is 15.6. The van der Waals surface area contributed by atoms with Gasteiger partial charge in [0, 0.05) is 30.5 Å². The van der Waals surface area contributed by atoms with Crippen molar-refractivity contribution in [2.24, 2.45) is 11.8 Å². The molecule has 2 amide bonds. The Morgan fingerprint density at radius 2 is 1.85 bits per heavy atom. The van der Waals surface area contributed by atoms with Crippen LogP contribution in [0, 0.1) is 11.8 Å². The first-order valence-corrected chi connectivity index (χ1v) is 9.34. The molecule has 2 fully saturated rings. The highest BCUT2D eigenvalue weighted by molar-refractivity contribution is 6.22. The molecule has 2 aliphatic rings. The average molecular weight is 386 g/mol. The molecule has 7 heteroatoms. The number of fused-ring (bicyclic) bond motifs is 1. The highest BCUT2D eigenvalue weighted by Crippen LogP contribution is 2.44. The quantitative estimate of drug-likeness (QED) is 0.773. The largest absolute Gasteiger partial charge is 0.381 e. The van der Waals surface area contributed by atoms with Crippen LogP contribution in [0.5, 0.6) is 0 Å². The van der Waals surface area contributed by atoms with Crippen LogP contribution in [0.4, 0.5) is 0 Å². The van der Waals surface area contributed by atoms with Crippen molar-refractivity contribution in [2.45, 2.75) is 11.4 Å². The molecule has 4 rings (SSSR count). The number of alkyl halides is 1. The summed E-state index contributed by atoms with van der Waals surface area (Å²) in [4.78, 5) is 29.2. The van der Waals surface area contributed by atoms with E-state index in [9.17, 15) is 9.59 Å². The molecule has 6 nitrogen and oxygen atoms in total. The zero-order chi connectivity index (χ0) is 19.0. The third-order valence-electron chi connectivity index (χ3n) is 5.17. The van der Waals surface area contributed by atoms with Crippen LogP contribution in [0.1, 0.15) is 37.5 Å². The van der Waals surface area contributed by atoms with Crippen LogP contribution in [0.3, 0.4) is 0 Å². The summed E-state index contributed by atoms with van der Waals surface area (Å²) in [5, 5.41) is 5.03. The molecule has 2 aromatic rings. The third kappa shape index (κ3) is 3.55. The van der Waals surface area contributed by atoms with E-state index in [0.717, 1.165) is 5.56 Å². The maximum atomic E-state index is 12.7. The van der Waals surface area contributed by atoms with Gasteiger partial charge in [-0.1, -0.05) is 30.3 Å². The number of hydrogen-bond donors (Lipinski definition) is 2. The fourth-order valence-electron chi connectivity index (χ4n) is 3.54. The highest BCUT2D eigenvalue weighted by Gasteiger charge is 2.54. The molecule has 1 aromatic heterocycles. The van der Waals surface area contributed by atoms with Gasteiger partial charge in [-0.3, -0.25) is 9.59 Å². The maximum absolute atomic E-state index is 12.7. The van der Waals surface area contributed by atoms with Gasteiger partial charge in [0.1, 0.15) is 11.1 Å². The number of carbonyl (C=O) groups excluding carboxylic acids is 2. The van der Waals surface area contributed by atoms with Crippen LogP contribution in [0.25, 0.3) is 0 Å². The lowest BCUT2D eigenvalue weighted by Gasteiger charge is -2.14. The Morgan fingerprint density at radius 1 is 1.15 bits per heavy atom. The first-order chi connectivity index (χ1) is 13.1. The van der Waals surface area contributed by atoms with Gasteiger partial charge >= 0.3 is 0 Å². The number of halogens is 1. The fraction of sp³-hybridized carbons (Fsp3) is 0.350. The van der Waals surface area contributed by atoms with Gasteiger partial charge in [-0.05, 0) is 17.7 Å². The van der Waals surface area contributed by atoms with Crippen LogP contribution in [0.15, 0.2) is 42.5 Å². The van der Waals surface area contributed by atoms with E-state index in [-0.39, 0.29) is 23.6 Å². The number of amides is 2. The number of nitrogens with one attached hydrogen (secondary N) is 2. The van der Waals surface area contributed by atoms with Crippen LogP contribution in [0.2, 0.25) is 0 Å². The molecule has 4 atom stereocenters. The summed E-state index contributed by atoms with van der Waals surface area (Å²) >= 11 is 6.58. The van der Waals surface area contributed by atoms with E-state index in [1.807, 2.05) is 30.3 Å². The maximum Gasteiger partial charge on any atom is 0.269 e. The molecule has 2 heterocycles. The van der Waals surface area contributed by atoms with Crippen molar-refractivity contribution in [2.75, 3.05) is 20.3 Å². The number of benzene rings is 1. The minimum Gasteiger partial charge on any atom is -0.381 e. The Hall–Kier alpha value is -2.44. The summed E-state index contributed by atoms with van der Waals surface area (Å²) in [7, 11) is 1.52. The molecular formula is C20H20ClN3O3. The number of pyridine rings is 1. The van der Waals surface area contributed by atoms with E-state index in [1.165, 1.54) is 13.1 Å². The smallest absolute Gasteiger partial charge is 0.269 e. The Labute approximate surface area is 162 Å². The third-order valence-corrected chi connectivity index (χ3v) is 5.64. The topological polar surface area (TPSA) is 80.3 Å². The van der Waals surface area contributed by atoms with Gasteiger partial charge in [-0.25, -0.2) is 4.98 Å². The summed E-state index contributed by atoms with van der Waals surface area (Å²) in [6.07, 6.45) is 0. The van der Waals surface area contributed by atoms with Crippen molar-refractivity contribution >= 4 is 23.4 Å². The Kier molecular flexibility index (Phi) is 4.85. The second-order valence-electron chi connectivity index (χ2n) is 6.88. The van der Waals surface area contributed by atoms with Crippen molar-refractivity contribution < 1.29 is 14.3 Å². The second-order valence-corrected chi connectivity index (χ2v) is 7.32. The predicted octanol–water partition coefficient (Wildman–Crippen LogP) is 2.14. The van der Waals surface area contributed by atoms with Crippen molar-refractivity contribution in [1.29, 1.82) is 0 Å². The minimum absolute atomic E-state index is 0.146. The monoisotopic (exact) mass is 385 g/mol. The van der Waals surface area contributed by atoms with E-state index in [2.05, 4.69) is 15.6 Å². The van der Waals surface area contributed by atoms with Gasteiger partial charge in [0.25, 0.3) is 11.8 Å². The fourth-order valence-corrected chi connectivity index (χ4v) is 3.80. The molecule has 1 saturated heterocycles. The summed E-state index contributed by atoms with van der Waals surface area (Å²) in [6, 6.07) is 12.7. The van der Waals surface area contributed by atoms with Crippen LogP contribution in [-0.2, 0) is 4.74 Å². The summed E-state index contributed by atoms with van der Waals surface area (Å²) in [5.74, 6) is 0.220. The average Bonchev–Trinajstić information content (AvgIpc) is 3.13. The number of aromatic nitrogens is 1. The van der Waals surface area contributed by atoms with Gasteiger partial charge in [-0.2, -0.15) is 0 Å². The number of ether oxygens (including phenoxy) is 1. The van der Waals surface area contributed by atoms with E-state index in [4.69, 9.17) is 16.3 Å². The van der Waals surface area contributed by atoms with Crippen molar-refractivity contribution in [1.82, 2.24) is 15.6 Å². The zero-order valence-electron chi connectivity index (χ0n) is 14.8. The first-order valence-electron chi connectivity index (χ1n) is 8.90. The molecule has 1 saturated carbocycles. The SMILES string of the molecule is CNC(=O)c1cc(C(=O)N[C@H]2[C@@H]3COC[C@@H]32)cc(C(Cl)c2ccccc2)n1. The van der Waals surface area contributed by atoms with Gasteiger partial charge < -0.3 is 15.4 Å². The molecule has 1 aliphatic carbocycles. The number of carbonyl (C=O) groups is 2. The summed E-state index contributed by atoms with van der Waals surface area (Å²) < 4.78 is 5.36. The molecule has 1 unspecified atom stereocenters. The molecule has 0 spiro atoms. The Balaban J connectivity index is 1.62. The van der Waals surface area contributed by atoms with E-state index >= 15 is 0 Å². The van der Waals surface area contributed by atoms with Gasteiger partial charge in [0.2, 0.25) is 0 Å². The Bertz CT molecular complexity index is 864. The first kappa shape index (κ1) is 17.9. The molecule has 1 aliphatic heterocycles. The van der Waals surface area contributed by atoms with E-state index in [0.29, 0.717) is 36.3 Å². The molecular weight excluding hydrogens is 366 g/mol. The molecule has 27 heavy (non-hydrogen) atoms. The van der Waals surface area contributed by atoms with E-state index < -0.39 is 5.38 Å². The number of rotatable bonds is 5. The summed E-state index contributed by atoms with van der Waals surface area (Å²) in [6.45, 7) is 1.39. The van der Waals surface area contributed by atoms with Crippen molar-refractivity contribution in [3.05, 3.63) is 65.0 Å². The lowest BCUT2D eigenvalue weighted by Crippen LogP contribution is -2.30. The molecule has 1 aromatic carbocycles. The van der Waals surface area contributed by atoms with Gasteiger partial charge in [0.15, 0.2) is 0 Å². The molecule has 0 bridgehead atoms. The van der Waals surface area contributed by atoms with Gasteiger partial charge in [-0.15, -0.1) is 11.6 Å². The van der Waals surface area contributed by atoms with Gasteiger partial charge in [0.05, 0.1) is 18.9 Å². The van der Waals surface area contributed by atoms with Crippen LogP contribution >= 0.6 is 11.6 Å². The number of hydrogen-bond acceptors (Lipinski definition) is 4. The van der Waals surface area contributed by atoms with Crippen molar-refractivity contribution in [3.8, 4) is 0 Å². The lowest BCUT2D eigenvalue weighted by atomic mass is 10.1.